The van der Waals surface area contributed by atoms with Gasteiger partial charge in [-0.15, -0.1) is 0 Å². The van der Waals surface area contributed by atoms with E-state index in [2.05, 4.69) is 0 Å². The van der Waals surface area contributed by atoms with Gasteiger partial charge in [-0.25, -0.2) is 14.2 Å². The van der Waals surface area contributed by atoms with Crippen LogP contribution in [0.5, 0.6) is 5.75 Å². The van der Waals surface area contributed by atoms with Gasteiger partial charge >= 0.3 is 12.1 Å². The van der Waals surface area contributed by atoms with Gasteiger partial charge < -0.3 is 14.2 Å². The third-order valence-corrected chi connectivity index (χ3v) is 3.38. The van der Waals surface area contributed by atoms with E-state index in [0.29, 0.717) is 16.7 Å². The summed E-state index contributed by atoms with van der Waals surface area (Å²) in [4.78, 5) is 24.9. The highest BCUT2D eigenvalue weighted by Crippen LogP contribution is 2.29. The van der Waals surface area contributed by atoms with E-state index in [1.165, 1.54) is 4.57 Å². The Balaban J connectivity index is 2.67. The van der Waals surface area contributed by atoms with E-state index in [1.807, 2.05) is 6.92 Å². The predicted molar refractivity (Wildman–Crippen MR) is 90.8 cm³/mol. The van der Waals surface area contributed by atoms with Crippen molar-refractivity contribution in [1.82, 2.24) is 4.57 Å². The molecule has 24 heavy (non-hydrogen) atoms. The summed E-state index contributed by atoms with van der Waals surface area (Å²) in [6, 6.07) is 5.19. The molecule has 0 spiro atoms. The van der Waals surface area contributed by atoms with Crippen molar-refractivity contribution in [1.29, 1.82) is 0 Å². The van der Waals surface area contributed by atoms with Crippen molar-refractivity contribution >= 4 is 23.0 Å². The van der Waals surface area contributed by atoms with E-state index < -0.39 is 17.7 Å². The SMILES string of the molecule is CCOC(=O)c1cc2cc(OC)c(C)cc2n1C(=O)OC(C)(C)C. The van der Waals surface area contributed by atoms with E-state index in [4.69, 9.17) is 14.2 Å². The first-order chi connectivity index (χ1) is 11.2. The number of hydrogen-bond donors (Lipinski definition) is 0. The summed E-state index contributed by atoms with van der Waals surface area (Å²) >= 11 is 0. The van der Waals surface area contributed by atoms with Gasteiger partial charge in [0.2, 0.25) is 0 Å². The smallest absolute Gasteiger partial charge is 0.419 e. The van der Waals surface area contributed by atoms with Crippen LogP contribution in [0, 0.1) is 6.92 Å². The second kappa shape index (κ2) is 6.55. The summed E-state index contributed by atoms with van der Waals surface area (Å²) in [5.41, 5.74) is 0.879. The fourth-order valence-electron chi connectivity index (χ4n) is 2.42. The van der Waals surface area contributed by atoms with Crippen LogP contribution in [0.1, 0.15) is 43.7 Å². The number of hydrogen-bond acceptors (Lipinski definition) is 5. The second-order valence-electron chi connectivity index (χ2n) is 6.45. The average molecular weight is 333 g/mol. The molecule has 0 atom stereocenters. The fraction of sp³-hybridized carbons (Fsp3) is 0.444. The molecule has 1 aromatic carbocycles. The number of ether oxygens (including phenoxy) is 3. The summed E-state index contributed by atoms with van der Waals surface area (Å²) in [5.74, 6) is 0.107. The summed E-state index contributed by atoms with van der Waals surface area (Å²) < 4.78 is 17.1. The molecule has 0 aliphatic heterocycles. The van der Waals surface area contributed by atoms with Gasteiger partial charge in [-0.3, -0.25) is 0 Å². The largest absolute Gasteiger partial charge is 0.496 e. The Morgan fingerprint density at radius 1 is 1.17 bits per heavy atom. The van der Waals surface area contributed by atoms with Crippen LogP contribution in [0.3, 0.4) is 0 Å². The van der Waals surface area contributed by atoms with Crippen molar-refractivity contribution in [2.24, 2.45) is 0 Å². The monoisotopic (exact) mass is 333 g/mol. The van der Waals surface area contributed by atoms with Gasteiger partial charge in [-0.05, 0) is 58.4 Å². The van der Waals surface area contributed by atoms with Crippen LogP contribution in [0.4, 0.5) is 4.79 Å². The Bertz CT molecular complexity index is 783. The number of rotatable bonds is 3. The molecule has 1 heterocycles. The number of esters is 1. The molecule has 0 saturated carbocycles. The van der Waals surface area contributed by atoms with Crippen LogP contribution in [0.15, 0.2) is 18.2 Å². The van der Waals surface area contributed by atoms with Gasteiger partial charge in [0.1, 0.15) is 17.0 Å². The number of benzene rings is 1. The average Bonchev–Trinajstić information content (AvgIpc) is 2.83. The summed E-state index contributed by atoms with van der Waals surface area (Å²) in [7, 11) is 1.57. The Morgan fingerprint density at radius 3 is 2.38 bits per heavy atom. The molecular formula is C18H23NO5. The van der Waals surface area contributed by atoms with Gasteiger partial charge in [0.05, 0.1) is 19.2 Å². The lowest BCUT2D eigenvalue weighted by Gasteiger charge is -2.20. The lowest BCUT2D eigenvalue weighted by atomic mass is 10.1. The quantitative estimate of drug-likeness (QED) is 0.797. The van der Waals surface area contributed by atoms with E-state index in [9.17, 15) is 9.59 Å². The number of methoxy groups -OCH3 is 1. The van der Waals surface area contributed by atoms with E-state index in [-0.39, 0.29) is 12.3 Å². The predicted octanol–water partition coefficient (Wildman–Crippen LogP) is 3.92. The number of aryl methyl sites for hydroxylation is 1. The van der Waals surface area contributed by atoms with E-state index >= 15 is 0 Å². The molecule has 1 aromatic heterocycles. The first-order valence-electron chi connectivity index (χ1n) is 7.78. The van der Waals surface area contributed by atoms with Crippen LogP contribution in [0.2, 0.25) is 0 Å². The van der Waals surface area contributed by atoms with E-state index in [0.717, 1.165) is 5.56 Å². The van der Waals surface area contributed by atoms with Crippen LogP contribution in [0.25, 0.3) is 10.9 Å². The van der Waals surface area contributed by atoms with Crippen molar-refractivity contribution in [2.75, 3.05) is 13.7 Å². The van der Waals surface area contributed by atoms with Crippen LogP contribution in [-0.2, 0) is 9.47 Å². The van der Waals surface area contributed by atoms with Gasteiger partial charge in [0, 0.05) is 5.39 Å². The number of carbonyl (C=O) groups excluding carboxylic acids is 2. The van der Waals surface area contributed by atoms with Crippen molar-refractivity contribution < 1.29 is 23.8 Å². The molecule has 0 N–H and O–H groups in total. The molecule has 6 heteroatoms. The Hall–Kier alpha value is -2.50. The number of fused-ring (bicyclic) bond motifs is 1. The van der Waals surface area contributed by atoms with Crippen LogP contribution >= 0.6 is 0 Å². The highest BCUT2D eigenvalue weighted by Gasteiger charge is 2.26. The Morgan fingerprint density at radius 2 is 1.83 bits per heavy atom. The molecule has 2 aromatic rings. The molecule has 0 fully saturated rings. The first kappa shape index (κ1) is 17.8. The van der Waals surface area contributed by atoms with Crippen LogP contribution in [-0.4, -0.2) is 35.9 Å². The molecule has 0 bridgehead atoms. The normalized spacial score (nSPS) is 11.4. The number of nitrogens with zero attached hydrogens (tertiary/aromatic N) is 1. The van der Waals surface area contributed by atoms with Gasteiger partial charge in [-0.2, -0.15) is 0 Å². The minimum Gasteiger partial charge on any atom is -0.496 e. The molecule has 6 nitrogen and oxygen atoms in total. The second-order valence-corrected chi connectivity index (χ2v) is 6.45. The van der Waals surface area contributed by atoms with Crippen molar-refractivity contribution in [3.63, 3.8) is 0 Å². The highest BCUT2D eigenvalue weighted by molar-refractivity contribution is 6.02. The van der Waals surface area contributed by atoms with E-state index in [1.54, 1.807) is 53.0 Å². The number of carbonyl (C=O) groups is 2. The molecule has 0 aliphatic rings. The fourth-order valence-corrected chi connectivity index (χ4v) is 2.42. The zero-order valence-corrected chi connectivity index (χ0v) is 14.9. The van der Waals surface area contributed by atoms with Gasteiger partial charge in [0.25, 0.3) is 0 Å². The number of aromatic nitrogens is 1. The zero-order chi connectivity index (χ0) is 18.1. The van der Waals surface area contributed by atoms with Crippen molar-refractivity contribution in [3.8, 4) is 5.75 Å². The van der Waals surface area contributed by atoms with Gasteiger partial charge in [0.15, 0.2) is 0 Å². The topological polar surface area (TPSA) is 66.8 Å². The molecule has 2 rings (SSSR count). The molecule has 0 amide bonds. The summed E-state index contributed by atoms with van der Waals surface area (Å²) in [5, 5.41) is 0.700. The maximum atomic E-state index is 12.6. The lowest BCUT2D eigenvalue weighted by Crippen LogP contribution is -2.29. The third kappa shape index (κ3) is 3.53. The Labute approximate surface area is 141 Å². The molecule has 0 radical (unpaired) electrons. The molecule has 0 saturated heterocycles. The zero-order valence-electron chi connectivity index (χ0n) is 14.9. The lowest BCUT2D eigenvalue weighted by molar-refractivity contribution is 0.0454. The van der Waals surface area contributed by atoms with Crippen molar-refractivity contribution in [2.45, 2.75) is 40.2 Å². The maximum Gasteiger partial charge on any atom is 0.419 e. The Kier molecular flexibility index (Phi) is 4.87. The first-order valence-corrected chi connectivity index (χ1v) is 7.78. The third-order valence-electron chi connectivity index (χ3n) is 3.38. The maximum absolute atomic E-state index is 12.6. The standard InChI is InChI=1S/C18H23NO5/c1-7-23-16(20)14-9-12-10-15(22-6)11(2)8-13(12)19(14)17(21)24-18(3,4)5/h8-10H,7H2,1-6H3. The molecule has 0 aliphatic carbocycles. The minimum absolute atomic E-state index is 0.133. The van der Waals surface area contributed by atoms with Gasteiger partial charge in [-0.1, -0.05) is 0 Å². The molecule has 0 unspecified atom stereocenters. The molecule has 130 valence electrons. The van der Waals surface area contributed by atoms with Crippen LogP contribution < -0.4 is 4.74 Å². The van der Waals surface area contributed by atoms with Crippen molar-refractivity contribution in [3.05, 3.63) is 29.5 Å². The molecular weight excluding hydrogens is 310 g/mol. The highest BCUT2D eigenvalue weighted by atomic mass is 16.6. The minimum atomic E-state index is -0.679. The summed E-state index contributed by atoms with van der Waals surface area (Å²) in [6.07, 6.45) is -0.620. The summed E-state index contributed by atoms with van der Waals surface area (Å²) in [6.45, 7) is 9.12.